The average Bonchev–Trinajstić information content (AvgIpc) is 3.13. The summed E-state index contributed by atoms with van der Waals surface area (Å²) in [7, 11) is 0. The number of ketones is 1. The first kappa shape index (κ1) is 19.9. The maximum absolute atomic E-state index is 12.7. The standard InChI is InChI=1S/C22H17ClN2O2S2/c1-12-3-4-15(9-13(12)2)18(26)11-29-22-24-20(27)19-17(10-28-21(19)25-22)14-5-7-16(23)8-6-14/h3-10H,11H2,1-2H3,(H,24,25,27). The predicted molar refractivity (Wildman–Crippen MR) is 122 cm³/mol. The molecular weight excluding hydrogens is 424 g/mol. The van der Waals surface area contributed by atoms with Gasteiger partial charge in [0.1, 0.15) is 4.83 Å². The molecule has 0 saturated carbocycles. The number of aromatic nitrogens is 2. The van der Waals surface area contributed by atoms with Gasteiger partial charge < -0.3 is 4.98 Å². The van der Waals surface area contributed by atoms with Crippen molar-refractivity contribution in [1.82, 2.24) is 9.97 Å². The van der Waals surface area contributed by atoms with Crippen LogP contribution in [0.4, 0.5) is 0 Å². The number of H-pyrrole nitrogens is 1. The number of benzene rings is 2. The molecule has 0 bridgehead atoms. The third-order valence-corrected chi connectivity index (χ3v) is 6.74. The first-order valence-corrected chi connectivity index (χ1v) is 11.2. The monoisotopic (exact) mass is 440 g/mol. The van der Waals surface area contributed by atoms with Crippen LogP contribution in [0, 0.1) is 13.8 Å². The predicted octanol–water partition coefficient (Wildman–Crippen LogP) is 5.90. The Labute approximate surface area is 181 Å². The Kier molecular flexibility index (Phi) is 5.58. The second kappa shape index (κ2) is 8.14. The molecule has 4 rings (SSSR count). The van der Waals surface area contributed by atoms with E-state index >= 15 is 0 Å². The van der Waals surface area contributed by atoms with Gasteiger partial charge in [0.2, 0.25) is 0 Å². The summed E-state index contributed by atoms with van der Waals surface area (Å²) in [6.07, 6.45) is 0. The number of hydrogen-bond donors (Lipinski definition) is 1. The molecule has 0 aliphatic rings. The molecular formula is C22H17ClN2O2S2. The summed E-state index contributed by atoms with van der Waals surface area (Å²) in [6, 6.07) is 13.0. The van der Waals surface area contributed by atoms with Crippen LogP contribution in [0.15, 0.2) is 57.8 Å². The van der Waals surface area contributed by atoms with Gasteiger partial charge in [-0.05, 0) is 48.7 Å². The summed E-state index contributed by atoms with van der Waals surface area (Å²) >= 11 is 8.61. The van der Waals surface area contributed by atoms with Crippen molar-refractivity contribution in [3.63, 3.8) is 0 Å². The van der Waals surface area contributed by atoms with Crippen LogP contribution >= 0.6 is 34.7 Å². The Hall–Kier alpha value is -2.41. The van der Waals surface area contributed by atoms with Crippen LogP contribution in [0.5, 0.6) is 0 Å². The van der Waals surface area contributed by atoms with E-state index in [9.17, 15) is 9.59 Å². The highest BCUT2D eigenvalue weighted by Crippen LogP contribution is 2.32. The molecule has 0 atom stereocenters. The molecule has 7 heteroatoms. The Morgan fingerprint density at radius 3 is 2.62 bits per heavy atom. The van der Waals surface area contributed by atoms with Gasteiger partial charge in [0.05, 0.1) is 11.1 Å². The van der Waals surface area contributed by atoms with E-state index in [-0.39, 0.29) is 17.1 Å². The molecule has 0 spiro atoms. The summed E-state index contributed by atoms with van der Waals surface area (Å²) in [6.45, 7) is 4.00. The number of carbonyl (C=O) groups excluding carboxylic acids is 1. The topological polar surface area (TPSA) is 62.8 Å². The smallest absolute Gasteiger partial charge is 0.260 e. The van der Waals surface area contributed by atoms with Crippen LogP contribution in [0.25, 0.3) is 21.3 Å². The highest BCUT2D eigenvalue weighted by molar-refractivity contribution is 7.99. The summed E-state index contributed by atoms with van der Waals surface area (Å²) in [4.78, 5) is 33.2. The summed E-state index contributed by atoms with van der Waals surface area (Å²) < 4.78 is 0. The Morgan fingerprint density at radius 2 is 1.90 bits per heavy atom. The third kappa shape index (κ3) is 4.15. The van der Waals surface area contributed by atoms with E-state index < -0.39 is 0 Å². The second-order valence-electron chi connectivity index (χ2n) is 6.72. The number of aromatic amines is 1. The molecule has 2 heterocycles. The van der Waals surface area contributed by atoms with Gasteiger partial charge in [0, 0.05) is 21.5 Å². The Bertz CT molecular complexity index is 1280. The quantitative estimate of drug-likeness (QED) is 0.238. The van der Waals surface area contributed by atoms with Gasteiger partial charge in [-0.1, -0.05) is 47.6 Å². The molecule has 29 heavy (non-hydrogen) atoms. The van der Waals surface area contributed by atoms with E-state index in [1.807, 2.05) is 49.6 Å². The summed E-state index contributed by atoms with van der Waals surface area (Å²) in [5.41, 5.74) is 4.45. The van der Waals surface area contributed by atoms with Crippen LogP contribution in [0.3, 0.4) is 0 Å². The van der Waals surface area contributed by atoms with E-state index in [0.717, 1.165) is 22.3 Å². The third-order valence-electron chi connectivity index (χ3n) is 4.75. The van der Waals surface area contributed by atoms with Crippen molar-refractivity contribution in [2.24, 2.45) is 0 Å². The van der Waals surface area contributed by atoms with Gasteiger partial charge in [0.15, 0.2) is 10.9 Å². The number of rotatable bonds is 5. The SMILES string of the molecule is Cc1ccc(C(=O)CSc2nc3scc(-c4ccc(Cl)cc4)c3c(=O)[nH]2)cc1C. The van der Waals surface area contributed by atoms with Crippen LogP contribution in [-0.4, -0.2) is 21.5 Å². The maximum Gasteiger partial charge on any atom is 0.260 e. The summed E-state index contributed by atoms with van der Waals surface area (Å²) in [5.74, 6) is 0.223. The van der Waals surface area contributed by atoms with Crippen molar-refractivity contribution in [3.05, 3.63) is 79.9 Å². The van der Waals surface area contributed by atoms with Crippen molar-refractivity contribution in [1.29, 1.82) is 0 Å². The lowest BCUT2D eigenvalue weighted by Gasteiger charge is -2.05. The lowest BCUT2D eigenvalue weighted by molar-refractivity contribution is 0.102. The highest BCUT2D eigenvalue weighted by atomic mass is 35.5. The van der Waals surface area contributed by atoms with E-state index in [2.05, 4.69) is 9.97 Å². The molecule has 0 fully saturated rings. The van der Waals surface area contributed by atoms with E-state index in [0.29, 0.717) is 26.0 Å². The lowest BCUT2D eigenvalue weighted by Crippen LogP contribution is -2.10. The largest absolute Gasteiger partial charge is 0.301 e. The number of Topliss-reactive ketones (excluding diaryl/α,β-unsaturated/α-hetero) is 1. The molecule has 2 aromatic heterocycles. The number of nitrogens with zero attached hydrogens (tertiary/aromatic N) is 1. The fraction of sp³-hybridized carbons (Fsp3) is 0.136. The fourth-order valence-corrected chi connectivity index (χ4v) is 4.86. The average molecular weight is 441 g/mol. The normalized spacial score (nSPS) is 11.1. The minimum absolute atomic E-state index is 0.00822. The molecule has 2 aromatic carbocycles. The van der Waals surface area contributed by atoms with Crippen molar-refractivity contribution >= 4 is 50.7 Å². The van der Waals surface area contributed by atoms with Crippen LogP contribution in [0.1, 0.15) is 21.5 Å². The summed E-state index contributed by atoms with van der Waals surface area (Å²) in [5, 5.41) is 3.57. The van der Waals surface area contributed by atoms with Gasteiger partial charge in [-0.3, -0.25) is 9.59 Å². The van der Waals surface area contributed by atoms with E-state index in [1.165, 1.54) is 23.1 Å². The molecule has 0 aliphatic carbocycles. The first-order valence-electron chi connectivity index (χ1n) is 8.93. The second-order valence-corrected chi connectivity index (χ2v) is 8.98. The molecule has 4 aromatic rings. The molecule has 1 N–H and O–H groups in total. The molecule has 4 nitrogen and oxygen atoms in total. The fourth-order valence-electron chi connectivity index (χ4n) is 2.97. The van der Waals surface area contributed by atoms with Gasteiger partial charge in [0.25, 0.3) is 5.56 Å². The molecule has 0 radical (unpaired) electrons. The minimum Gasteiger partial charge on any atom is -0.301 e. The van der Waals surface area contributed by atoms with Crippen molar-refractivity contribution in [3.8, 4) is 11.1 Å². The number of nitrogens with one attached hydrogen (secondary N) is 1. The number of aryl methyl sites for hydroxylation is 2. The highest BCUT2D eigenvalue weighted by Gasteiger charge is 2.14. The zero-order valence-corrected chi connectivity index (χ0v) is 18.2. The van der Waals surface area contributed by atoms with E-state index in [4.69, 9.17) is 11.6 Å². The van der Waals surface area contributed by atoms with Gasteiger partial charge in [-0.15, -0.1) is 11.3 Å². The minimum atomic E-state index is -0.206. The zero-order chi connectivity index (χ0) is 20.5. The van der Waals surface area contributed by atoms with Gasteiger partial charge in [-0.2, -0.15) is 0 Å². The van der Waals surface area contributed by atoms with E-state index in [1.54, 1.807) is 12.1 Å². The Morgan fingerprint density at radius 1 is 1.14 bits per heavy atom. The molecule has 0 unspecified atom stereocenters. The Balaban J connectivity index is 1.58. The number of carbonyl (C=O) groups is 1. The van der Waals surface area contributed by atoms with Crippen molar-refractivity contribution in [2.45, 2.75) is 19.0 Å². The lowest BCUT2D eigenvalue weighted by atomic mass is 10.0. The number of thiophene rings is 1. The number of fused-ring (bicyclic) bond motifs is 1. The van der Waals surface area contributed by atoms with Gasteiger partial charge in [-0.25, -0.2) is 4.98 Å². The maximum atomic E-state index is 12.7. The number of halogens is 1. The van der Waals surface area contributed by atoms with Crippen molar-refractivity contribution < 1.29 is 4.79 Å². The van der Waals surface area contributed by atoms with Gasteiger partial charge >= 0.3 is 0 Å². The molecule has 0 aliphatic heterocycles. The number of thioether (sulfide) groups is 1. The molecule has 146 valence electrons. The first-order chi connectivity index (χ1) is 13.9. The zero-order valence-electron chi connectivity index (χ0n) is 15.8. The molecule has 0 amide bonds. The number of hydrogen-bond acceptors (Lipinski definition) is 5. The van der Waals surface area contributed by atoms with Crippen LogP contribution < -0.4 is 5.56 Å². The van der Waals surface area contributed by atoms with Crippen molar-refractivity contribution in [2.75, 3.05) is 5.75 Å². The molecule has 0 saturated heterocycles. The van der Waals surface area contributed by atoms with Crippen LogP contribution in [0.2, 0.25) is 5.02 Å². The van der Waals surface area contributed by atoms with Crippen LogP contribution in [-0.2, 0) is 0 Å².